The van der Waals surface area contributed by atoms with Crippen LogP contribution in [0.5, 0.6) is 5.75 Å². The average molecular weight is 422 g/mol. The molecule has 154 valence electrons. The number of aliphatic imine (C=N–C) groups is 1. The molecule has 1 fully saturated rings. The van der Waals surface area contributed by atoms with Gasteiger partial charge in [0.1, 0.15) is 11.0 Å². The van der Waals surface area contributed by atoms with Gasteiger partial charge in [0.05, 0.1) is 7.11 Å². The molecule has 1 unspecified atom stereocenters. The maximum atomic E-state index is 12.5. The SMILES string of the molecule is COc1ccc(/C=C/C(=O)N2CCN(C3=NC(=O)C(c4ccccc4)S3)CC2)cc1. The fourth-order valence-corrected chi connectivity index (χ4v) is 4.56. The summed E-state index contributed by atoms with van der Waals surface area (Å²) in [6.45, 7) is 2.55. The molecular weight excluding hydrogens is 398 g/mol. The number of carbonyl (C=O) groups is 2. The van der Waals surface area contributed by atoms with Gasteiger partial charge in [-0.15, -0.1) is 0 Å². The average Bonchev–Trinajstić information content (AvgIpc) is 3.20. The number of amides is 2. The summed E-state index contributed by atoms with van der Waals surface area (Å²) in [5.74, 6) is 0.669. The molecule has 2 aromatic rings. The minimum atomic E-state index is -0.270. The van der Waals surface area contributed by atoms with Crippen LogP contribution in [0.1, 0.15) is 16.4 Å². The fourth-order valence-electron chi connectivity index (χ4n) is 3.42. The van der Waals surface area contributed by atoms with Gasteiger partial charge >= 0.3 is 0 Å². The van der Waals surface area contributed by atoms with Gasteiger partial charge in [-0.1, -0.05) is 54.2 Å². The molecule has 0 aliphatic carbocycles. The van der Waals surface area contributed by atoms with E-state index in [9.17, 15) is 9.59 Å². The zero-order chi connectivity index (χ0) is 20.9. The van der Waals surface area contributed by atoms with Crippen LogP contribution in [0.3, 0.4) is 0 Å². The Bertz CT molecular complexity index is 965. The standard InChI is InChI=1S/C23H23N3O3S/c1-29-19-10-7-17(8-11-19)9-12-20(27)25-13-15-26(16-14-25)23-24-22(28)21(30-23)18-5-3-2-4-6-18/h2-12,21H,13-16H2,1H3/b12-9+. The first-order chi connectivity index (χ1) is 14.6. The van der Waals surface area contributed by atoms with E-state index >= 15 is 0 Å². The Morgan fingerprint density at radius 1 is 1.07 bits per heavy atom. The van der Waals surface area contributed by atoms with Crippen LogP contribution >= 0.6 is 11.8 Å². The van der Waals surface area contributed by atoms with Crippen LogP contribution in [0.15, 0.2) is 65.7 Å². The van der Waals surface area contributed by atoms with Gasteiger partial charge in [-0.05, 0) is 29.3 Å². The highest BCUT2D eigenvalue weighted by atomic mass is 32.2. The number of carbonyl (C=O) groups excluding carboxylic acids is 2. The topological polar surface area (TPSA) is 62.2 Å². The second-order valence-corrected chi connectivity index (χ2v) is 8.13. The Labute approximate surface area is 180 Å². The van der Waals surface area contributed by atoms with Gasteiger partial charge in [0.15, 0.2) is 5.17 Å². The minimum Gasteiger partial charge on any atom is -0.497 e. The second kappa shape index (κ2) is 9.17. The van der Waals surface area contributed by atoms with Crippen molar-refractivity contribution in [2.24, 2.45) is 4.99 Å². The number of thioether (sulfide) groups is 1. The molecule has 0 radical (unpaired) electrons. The van der Waals surface area contributed by atoms with Crippen LogP contribution in [0.2, 0.25) is 0 Å². The van der Waals surface area contributed by atoms with Crippen LogP contribution in [0.4, 0.5) is 0 Å². The molecule has 4 rings (SSSR count). The van der Waals surface area contributed by atoms with Crippen molar-refractivity contribution < 1.29 is 14.3 Å². The third-order valence-electron chi connectivity index (χ3n) is 5.15. The second-order valence-electron chi connectivity index (χ2n) is 7.06. The Balaban J connectivity index is 1.30. The summed E-state index contributed by atoms with van der Waals surface area (Å²) in [4.78, 5) is 33.1. The van der Waals surface area contributed by atoms with E-state index < -0.39 is 0 Å². The summed E-state index contributed by atoms with van der Waals surface area (Å²) < 4.78 is 5.14. The molecular formula is C23H23N3O3S. The summed E-state index contributed by atoms with van der Waals surface area (Å²) in [7, 11) is 1.63. The number of methoxy groups -OCH3 is 1. The predicted octanol–water partition coefficient (Wildman–Crippen LogP) is 3.22. The molecule has 0 saturated carbocycles. The number of benzene rings is 2. The molecule has 7 heteroatoms. The normalized spacial score (nSPS) is 19.3. The van der Waals surface area contributed by atoms with Gasteiger partial charge in [-0.3, -0.25) is 9.59 Å². The monoisotopic (exact) mass is 421 g/mol. The third-order valence-corrected chi connectivity index (χ3v) is 6.42. The molecule has 1 atom stereocenters. The Morgan fingerprint density at radius 2 is 1.77 bits per heavy atom. The predicted molar refractivity (Wildman–Crippen MR) is 119 cm³/mol. The zero-order valence-corrected chi connectivity index (χ0v) is 17.5. The smallest absolute Gasteiger partial charge is 0.266 e. The first kappa shape index (κ1) is 20.2. The van der Waals surface area contributed by atoms with Gasteiger partial charge in [0, 0.05) is 32.3 Å². The molecule has 30 heavy (non-hydrogen) atoms. The minimum absolute atomic E-state index is 0.00952. The summed E-state index contributed by atoms with van der Waals surface area (Å²) >= 11 is 1.50. The van der Waals surface area contributed by atoms with E-state index in [2.05, 4.69) is 9.89 Å². The largest absolute Gasteiger partial charge is 0.497 e. The van der Waals surface area contributed by atoms with Crippen LogP contribution in [-0.4, -0.2) is 60.1 Å². The van der Waals surface area contributed by atoms with Crippen LogP contribution in [0.25, 0.3) is 6.08 Å². The van der Waals surface area contributed by atoms with Gasteiger partial charge in [0.2, 0.25) is 5.91 Å². The Morgan fingerprint density at radius 3 is 2.43 bits per heavy atom. The van der Waals surface area contributed by atoms with E-state index in [0.29, 0.717) is 26.2 Å². The maximum absolute atomic E-state index is 12.5. The molecule has 2 heterocycles. The molecule has 0 N–H and O–H groups in total. The molecule has 2 aliphatic heterocycles. The van der Waals surface area contributed by atoms with Crippen molar-refractivity contribution in [1.82, 2.24) is 9.80 Å². The lowest BCUT2D eigenvalue weighted by molar-refractivity contribution is -0.127. The highest BCUT2D eigenvalue weighted by Crippen LogP contribution is 2.37. The van der Waals surface area contributed by atoms with Crippen LogP contribution in [0, 0.1) is 0 Å². The zero-order valence-electron chi connectivity index (χ0n) is 16.7. The molecule has 0 bridgehead atoms. The lowest BCUT2D eigenvalue weighted by Gasteiger charge is -2.35. The van der Waals surface area contributed by atoms with Crippen molar-refractivity contribution in [3.8, 4) is 5.75 Å². The first-order valence-electron chi connectivity index (χ1n) is 9.84. The van der Waals surface area contributed by atoms with Gasteiger partial charge in [-0.25, -0.2) is 0 Å². The summed E-state index contributed by atoms with van der Waals surface area (Å²) in [5.41, 5.74) is 1.92. The maximum Gasteiger partial charge on any atom is 0.266 e. The number of hydrogen-bond acceptors (Lipinski definition) is 5. The Hall–Kier alpha value is -3.06. The quantitative estimate of drug-likeness (QED) is 0.710. The van der Waals surface area contributed by atoms with Gasteiger partial charge in [0.25, 0.3) is 5.91 Å². The van der Waals surface area contributed by atoms with Gasteiger partial charge in [-0.2, -0.15) is 4.99 Å². The van der Waals surface area contributed by atoms with Crippen molar-refractivity contribution in [3.05, 3.63) is 71.8 Å². The van der Waals surface area contributed by atoms with E-state index in [-0.39, 0.29) is 17.1 Å². The number of nitrogens with zero attached hydrogens (tertiary/aromatic N) is 3. The number of hydrogen-bond donors (Lipinski definition) is 0. The van der Waals surface area contributed by atoms with Crippen molar-refractivity contribution in [3.63, 3.8) is 0 Å². The van der Waals surface area contributed by atoms with Crippen molar-refractivity contribution in [1.29, 1.82) is 0 Å². The fraction of sp³-hybridized carbons (Fsp3) is 0.261. The third kappa shape index (κ3) is 4.57. The highest BCUT2D eigenvalue weighted by Gasteiger charge is 2.33. The Kier molecular flexibility index (Phi) is 6.18. The number of rotatable bonds is 4. The van der Waals surface area contributed by atoms with Crippen LogP contribution in [-0.2, 0) is 9.59 Å². The van der Waals surface area contributed by atoms with E-state index in [1.54, 1.807) is 13.2 Å². The lowest BCUT2D eigenvalue weighted by atomic mass is 10.1. The van der Waals surface area contributed by atoms with E-state index in [0.717, 1.165) is 22.0 Å². The first-order valence-corrected chi connectivity index (χ1v) is 10.7. The van der Waals surface area contributed by atoms with E-state index in [4.69, 9.17) is 4.74 Å². The number of piperazine rings is 1. The molecule has 6 nitrogen and oxygen atoms in total. The molecule has 2 aromatic carbocycles. The summed E-state index contributed by atoms with van der Waals surface area (Å²) in [6, 6.07) is 17.3. The number of ether oxygens (including phenoxy) is 1. The number of amidine groups is 1. The van der Waals surface area contributed by atoms with Crippen molar-refractivity contribution >= 4 is 34.8 Å². The molecule has 2 amide bonds. The summed E-state index contributed by atoms with van der Waals surface area (Å²) in [5, 5.41) is 0.489. The van der Waals surface area contributed by atoms with E-state index in [1.807, 2.05) is 65.6 Å². The van der Waals surface area contributed by atoms with Crippen molar-refractivity contribution in [2.45, 2.75) is 5.25 Å². The molecule has 0 spiro atoms. The molecule has 2 aliphatic rings. The van der Waals surface area contributed by atoms with E-state index in [1.165, 1.54) is 11.8 Å². The van der Waals surface area contributed by atoms with Gasteiger partial charge < -0.3 is 14.5 Å². The lowest BCUT2D eigenvalue weighted by Crippen LogP contribution is -2.49. The highest BCUT2D eigenvalue weighted by molar-refractivity contribution is 8.15. The van der Waals surface area contributed by atoms with Crippen molar-refractivity contribution in [2.75, 3.05) is 33.3 Å². The summed E-state index contributed by atoms with van der Waals surface area (Å²) in [6.07, 6.45) is 3.42. The van der Waals surface area contributed by atoms with Crippen LogP contribution < -0.4 is 4.74 Å². The molecule has 0 aromatic heterocycles. The molecule has 1 saturated heterocycles.